The second-order valence-electron chi connectivity index (χ2n) is 6.18. The lowest BCUT2D eigenvalue weighted by molar-refractivity contribution is -0.906. The van der Waals surface area contributed by atoms with Crippen LogP contribution in [0.25, 0.3) is 0 Å². The number of sulfonamides is 1. The van der Waals surface area contributed by atoms with Crippen molar-refractivity contribution in [2.45, 2.75) is 0 Å². The summed E-state index contributed by atoms with van der Waals surface area (Å²) in [7, 11) is -0.458. The van der Waals surface area contributed by atoms with Gasteiger partial charge in [-0.2, -0.15) is 0 Å². The normalized spacial score (nSPS) is 15.3. The van der Waals surface area contributed by atoms with Crippen LogP contribution in [0, 0.1) is 0 Å². The van der Waals surface area contributed by atoms with Crippen molar-refractivity contribution >= 4 is 15.9 Å². The summed E-state index contributed by atoms with van der Waals surface area (Å²) in [5.74, 6) is 0.400. The Hall–Kier alpha value is -1.88. The zero-order chi connectivity index (χ0) is 19.7. The molecule has 2 rings (SSSR count). The van der Waals surface area contributed by atoms with Crippen molar-refractivity contribution in [2.75, 3.05) is 65.9 Å². The highest BCUT2D eigenvalue weighted by Gasteiger charge is 2.16. The van der Waals surface area contributed by atoms with Crippen molar-refractivity contribution in [3.8, 4) is 11.5 Å². The predicted octanol–water partition coefficient (Wildman–Crippen LogP) is -1.73. The second kappa shape index (κ2) is 10.5. The Labute approximate surface area is 160 Å². The molecule has 0 aromatic heterocycles. The van der Waals surface area contributed by atoms with Gasteiger partial charge in [-0.15, -0.1) is 0 Å². The molecule has 0 atom stereocenters. The van der Waals surface area contributed by atoms with Gasteiger partial charge >= 0.3 is 0 Å². The molecule has 9 nitrogen and oxygen atoms in total. The molecule has 27 heavy (non-hydrogen) atoms. The number of methoxy groups -OCH3 is 2. The lowest BCUT2D eigenvalue weighted by Crippen LogP contribution is -3.14. The van der Waals surface area contributed by atoms with Crippen molar-refractivity contribution in [1.29, 1.82) is 0 Å². The van der Waals surface area contributed by atoms with Crippen LogP contribution >= 0.6 is 0 Å². The number of hydrogen-bond acceptors (Lipinski definition) is 6. The van der Waals surface area contributed by atoms with Crippen LogP contribution in [0.3, 0.4) is 0 Å². The topological polar surface area (TPSA) is 107 Å². The van der Waals surface area contributed by atoms with Crippen molar-refractivity contribution in [2.24, 2.45) is 0 Å². The van der Waals surface area contributed by atoms with Gasteiger partial charge in [-0.25, -0.2) is 13.1 Å². The standard InChI is InChI=1S/C17H27N3O6S/c1-24-15-11-14(12-16(13-15)25-2)17(21)18-4-10-27(22,23)19-3-5-20-6-8-26-9-7-20/h11-13,19H,3-10H2,1-2H3,(H,18,21)/p+1. The summed E-state index contributed by atoms with van der Waals surface area (Å²) in [6.45, 7) is 4.31. The minimum absolute atomic E-state index is 0.0120. The molecule has 0 spiro atoms. The number of nitrogens with one attached hydrogen (secondary N) is 3. The minimum Gasteiger partial charge on any atom is -0.497 e. The fourth-order valence-corrected chi connectivity index (χ4v) is 3.63. The molecule has 1 fully saturated rings. The number of hydrogen-bond donors (Lipinski definition) is 3. The van der Waals surface area contributed by atoms with Crippen molar-refractivity contribution < 1.29 is 32.3 Å². The van der Waals surface area contributed by atoms with Gasteiger partial charge in [0.2, 0.25) is 10.0 Å². The number of carbonyl (C=O) groups is 1. The molecular weight excluding hydrogens is 374 g/mol. The average molecular weight is 402 g/mol. The highest BCUT2D eigenvalue weighted by molar-refractivity contribution is 7.89. The van der Waals surface area contributed by atoms with E-state index < -0.39 is 10.0 Å². The molecule has 1 aliphatic rings. The Bertz CT molecular complexity index is 697. The van der Waals surface area contributed by atoms with Gasteiger partial charge in [0, 0.05) is 18.2 Å². The fraction of sp³-hybridized carbons (Fsp3) is 0.588. The summed E-state index contributed by atoms with van der Waals surface area (Å²) in [4.78, 5) is 13.6. The van der Waals surface area contributed by atoms with Crippen LogP contribution in [0.5, 0.6) is 11.5 Å². The van der Waals surface area contributed by atoms with E-state index in [9.17, 15) is 13.2 Å². The first-order chi connectivity index (χ1) is 12.9. The maximum absolute atomic E-state index is 12.2. The number of quaternary nitrogens is 1. The van der Waals surface area contributed by atoms with E-state index in [1.165, 1.54) is 19.1 Å². The summed E-state index contributed by atoms with van der Waals surface area (Å²) in [6.07, 6.45) is 0. The molecule has 0 saturated carbocycles. The first kappa shape index (κ1) is 21.4. The van der Waals surface area contributed by atoms with Crippen molar-refractivity contribution in [3.63, 3.8) is 0 Å². The van der Waals surface area contributed by atoms with Gasteiger partial charge in [0.15, 0.2) is 0 Å². The third-order valence-corrected chi connectivity index (χ3v) is 5.66. The molecule has 0 bridgehead atoms. The number of carbonyl (C=O) groups excluding carboxylic acids is 1. The highest BCUT2D eigenvalue weighted by Crippen LogP contribution is 2.22. The van der Waals surface area contributed by atoms with E-state index in [0.29, 0.717) is 36.8 Å². The van der Waals surface area contributed by atoms with Crippen molar-refractivity contribution in [1.82, 2.24) is 10.0 Å². The molecule has 1 aromatic rings. The van der Waals surface area contributed by atoms with Crippen LogP contribution in [0.15, 0.2) is 18.2 Å². The molecule has 0 radical (unpaired) electrons. The van der Waals surface area contributed by atoms with Crippen LogP contribution in [0.2, 0.25) is 0 Å². The molecule has 1 saturated heterocycles. The van der Waals surface area contributed by atoms with E-state index in [1.54, 1.807) is 18.2 Å². The molecule has 0 unspecified atom stereocenters. The summed E-state index contributed by atoms with van der Waals surface area (Å²) in [6, 6.07) is 4.78. The lowest BCUT2D eigenvalue weighted by Gasteiger charge is -2.23. The van der Waals surface area contributed by atoms with Gasteiger partial charge in [-0.05, 0) is 12.1 Å². The monoisotopic (exact) mass is 402 g/mol. The molecule has 1 heterocycles. The molecule has 1 amide bonds. The zero-order valence-electron chi connectivity index (χ0n) is 15.7. The number of amides is 1. The van der Waals surface area contributed by atoms with Crippen LogP contribution < -0.4 is 24.4 Å². The minimum atomic E-state index is -3.44. The maximum Gasteiger partial charge on any atom is 0.251 e. The Balaban J connectivity index is 1.76. The van der Waals surface area contributed by atoms with Gasteiger partial charge < -0.3 is 24.4 Å². The molecule has 3 N–H and O–H groups in total. The predicted molar refractivity (Wildman–Crippen MR) is 100 cm³/mol. The fourth-order valence-electron chi connectivity index (χ4n) is 2.71. The Morgan fingerprint density at radius 1 is 1.11 bits per heavy atom. The van der Waals surface area contributed by atoms with E-state index in [0.717, 1.165) is 19.6 Å². The smallest absolute Gasteiger partial charge is 0.251 e. The Morgan fingerprint density at radius 3 is 2.33 bits per heavy atom. The van der Waals surface area contributed by atoms with Crippen molar-refractivity contribution in [3.05, 3.63) is 23.8 Å². The van der Waals surface area contributed by atoms with Gasteiger partial charge in [0.05, 0.1) is 46.3 Å². The first-order valence-electron chi connectivity index (χ1n) is 8.83. The highest BCUT2D eigenvalue weighted by atomic mass is 32.2. The summed E-state index contributed by atoms with van der Waals surface area (Å²) in [5, 5.41) is 2.61. The third kappa shape index (κ3) is 7.33. The molecule has 1 aromatic carbocycles. The van der Waals surface area contributed by atoms with E-state index in [-0.39, 0.29) is 18.2 Å². The van der Waals surface area contributed by atoms with Gasteiger partial charge in [0.25, 0.3) is 5.91 Å². The lowest BCUT2D eigenvalue weighted by atomic mass is 10.2. The first-order valence-corrected chi connectivity index (χ1v) is 10.5. The third-order valence-electron chi connectivity index (χ3n) is 4.27. The van der Waals surface area contributed by atoms with Gasteiger partial charge in [-0.3, -0.25) is 4.79 Å². The Kier molecular flexibility index (Phi) is 8.29. The molecule has 152 valence electrons. The summed E-state index contributed by atoms with van der Waals surface area (Å²) >= 11 is 0. The van der Waals surface area contributed by atoms with Crippen LogP contribution in [0.1, 0.15) is 10.4 Å². The SMILES string of the molecule is COc1cc(OC)cc(C(=O)NCCS(=O)(=O)NCC[NH+]2CCOCC2)c1. The molecular formula is C17H28N3O6S+. The zero-order valence-corrected chi connectivity index (χ0v) is 16.6. The number of morpholine rings is 1. The summed E-state index contributed by atoms with van der Waals surface area (Å²) in [5.41, 5.74) is 0.340. The van der Waals surface area contributed by atoms with Gasteiger partial charge in [-0.1, -0.05) is 0 Å². The van der Waals surface area contributed by atoms with E-state index in [4.69, 9.17) is 14.2 Å². The molecule has 10 heteroatoms. The van der Waals surface area contributed by atoms with E-state index in [2.05, 4.69) is 10.0 Å². The second-order valence-corrected chi connectivity index (χ2v) is 8.11. The number of rotatable bonds is 10. The molecule has 1 aliphatic heterocycles. The number of benzene rings is 1. The quantitative estimate of drug-likeness (QED) is 0.429. The van der Waals surface area contributed by atoms with E-state index >= 15 is 0 Å². The summed E-state index contributed by atoms with van der Waals surface area (Å²) < 4.78 is 42.2. The maximum atomic E-state index is 12.2. The Morgan fingerprint density at radius 2 is 1.74 bits per heavy atom. The van der Waals surface area contributed by atoms with E-state index in [1.807, 2.05) is 0 Å². The van der Waals surface area contributed by atoms with Gasteiger partial charge in [0.1, 0.15) is 24.6 Å². The average Bonchev–Trinajstić information content (AvgIpc) is 2.68. The van der Waals surface area contributed by atoms with Crippen LogP contribution in [-0.2, 0) is 14.8 Å². The van der Waals surface area contributed by atoms with Crippen LogP contribution in [-0.4, -0.2) is 80.2 Å². The number of ether oxygens (including phenoxy) is 3. The van der Waals surface area contributed by atoms with Crippen LogP contribution in [0.4, 0.5) is 0 Å². The largest absolute Gasteiger partial charge is 0.497 e. The molecule has 0 aliphatic carbocycles.